The van der Waals surface area contributed by atoms with Gasteiger partial charge in [0.2, 0.25) is 5.91 Å². The Bertz CT molecular complexity index is 1640. The van der Waals surface area contributed by atoms with Crippen molar-refractivity contribution in [2.75, 3.05) is 0 Å². The van der Waals surface area contributed by atoms with Gasteiger partial charge in [0.15, 0.2) is 5.69 Å². The van der Waals surface area contributed by atoms with Crippen molar-refractivity contribution in [2.24, 2.45) is 10.7 Å². The number of fused-ring (bicyclic) bond motifs is 1. The molecule has 240 valence electrons. The topological polar surface area (TPSA) is 102 Å². The molecule has 1 aromatic heterocycles. The molecule has 1 aliphatic rings. The van der Waals surface area contributed by atoms with Gasteiger partial charge in [-0.1, -0.05) is 19.1 Å². The van der Waals surface area contributed by atoms with Crippen molar-refractivity contribution in [1.29, 1.82) is 0 Å². The highest BCUT2D eigenvalue weighted by molar-refractivity contribution is 5.96. The number of carbonyl (C=O) groups excluding carboxylic acids is 2. The van der Waals surface area contributed by atoms with Crippen LogP contribution in [-0.4, -0.2) is 33.3 Å². The minimum Gasteiger partial charge on any atom is -0.366 e. The molecule has 7 nitrogen and oxygen atoms in total. The third kappa shape index (κ3) is 7.94. The van der Waals surface area contributed by atoms with Crippen molar-refractivity contribution in [1.82, 2.24) is 15.1 Å². The molecule has 3 N–H and O–H groups in total. The summed E-state index contributed by atoms with van der Waals surface area (Å²) in [7, 11) is 0. The highest BCUT2D eigenvalue weighted by Crippen LogP contribution is 2.47. The average molecular weight is 642 g/mol. The largest absolute Gasteiger partial charge is 0.435 e. The molecule has 4 rings (SSSR count). The van der Waals surface area contributed by atoms with Gasteiger partial charge in [0.1, 0.15) is 24.0 Å². The van der Waals surface area contributed by atoms with E-state index >= 15 is 0 Å². The van der Waals surface area contributed by atoms with Crippen LogP contribution >= 0.6 is 0 Å². The Labute approximate surface area is 251 Å². The number of alkyl halides is 5. The van der Waals surface area contributed by atoms with E-state index in [-0.39, 0.29) is 24.1 Å². The summed E-state index contributed by atoms with van der Waals surface area (Å²) in [6.07, 6.45) is -3.37. The number of hydrogen-bond acceptors (Lipinski definition) is 4. The number of nitrogens with two attached hydrogens (primary N) is 1. The Kier molecular flexibility index (Phi) is 9.78. The van der Waals surface area contributed by atoms with Gasteiger partial charge in [-0.2, -0.15) is 18.3 Å². The van der Waals surface area contributed by atoms with Gasteiger partial charge < -0.3 is 11.1 Å². The lowest BCUT2D eigenvalue weighted by atomic mass is 9.95. The molecule has 2 aromatic carbocycles. The number of hydrogen-bond donors (Lipinski definition) is 2. The molecule has 1 aliphatic carbocycles. The number of rotatable bonds is 11. The van der Waals surface area contributed by atoms with Crippen LogP contribution in [0.1, 0.15) is 58.2 Å². The van der Waals surface area contributed by atoms with Crippen LogP contribution in [0.25, 0.3) is 0 Å². The summed E-state index contributed by atoms with van der Waals surface area (Å²) < 4.78 is 112. The standard InChI is InChI=1S/C30H27F8N5O2/c1-2-3-8-40-22(12-16-4-5-21(33)20(11-16)28(39)45)23(13-17-9-18(31)14-19(32)10-17)41-25(44)15-43-24-6-7-29(34,35)26(24)27(42-43)30(36,37)38/h3-5,8-11,14,23H,2,6-7,12-13,15H2,1H3,(H2,39,45)(H,41,44)/b8-3-,40-22?/t23-/m0/s1. The number of nitrogens with zero attached hydrogens (tertiary/aromatic N) is 3. The molecule has 0 fully saturated rings. The number of aromatic nitrogens is 2. The van der Waals surface area contributed by atoms with Crippen molar-refractivity contribution in [3.05, 3.63) is 99.8 Å². The number of benzene rings is 2. The first-order valence-electron chi connectivity index (χ1n) is 13.7. The van der Waals surface area contributed by atoms with Crippen LogP contribution in [0, 0.1) is 17.5 Å². The number of carbonyl (C=O) groups is 2. The predicted molar refractivity (Wildman–Crippen MR) is 147 cm³/mol. The SMILES string of the molecule is CC/C=C\N=C(Cc1ccc(F)c(C(N)=O)c1)[C@H](Cc1cc(F)cc(F)c1)NC(=O)Cn1nc(C(F)(F)F)c2c1CCC2(F)F. The molecule has 2 amide bonds. The Morgan fingerprint density at radius 2 is 1.80 bits per heavy atom. The fourth-order valence-corrected chi connectivity index (χ4v) is 5.05. The van der Waals surface area contributed by atoms with Crippen molar-refractivity contribution >= 4 is 17.5 Å². The zero-order valence-corrected chi connectivity index (χ0v) is 23.7. The van der Waals surface area contributed by atoms with Crippen molar-refractivity contribution < 1.29 is 44.7 Å². The molecular weight excluding hydrogens is 614 g/mol. The molecule has 0 bridgehead atoms. The molecule has 0 unspecified atom stereocenters. The molecule has 1 atom stereocenters. The molecule has 15 heteroatoms. The minimum atomic E-state index is -5.20. The summed E-state index contributed by atoms with van der Waals surface area (Å²) >= 11 is 0. The summed E-state index contributed by atoms with van der Waals surface area (Å²) in [5.74, 6) is -8.52. The van der Waals surface area contributed by atoms with E-state index in [0.29, 0.717) is 22.7 Å². The molecule has 1 heterocycles. The van der Waals surface area contributed by atoms with Crippen molar-refractivity contribution in [2.45, 2.75) is 63.7 Å². The quantitative estimate of drug-likeness (QED) is 0.205. The highest BCUT2D eigenvalue weighted by Gasteiger charge is 2.51. The summed E-state index contributed by atoms with van der Waals surface area (Å²) in [5.41, 5.74) is 1.87. The van der Waals surface area contributed by atoms with Gasteiger partial charge in [-0.25, -0.2) is 22.0 Å². The summed E-state index contributed by atoms with van der Waals surface area (Å²) in [5, 5.41) is 5.86. The van der Waals surface area contributed by atoms with Gasteiger partial charge in [0.05, 0.1) is 17.2 Å². The molecule has 0 aliphatic heterocycles. The summed E-state index contributed by atoms with van der Waals surface area (Å²) in [6.45, 7) is 0.920. The van der Waals surface area contributed by atoms with Crippen LogP contribution in [0.3, 0.4) is 0 Å². The second kappa shape index (κ2) is 13.2. The molecule has 0 radical (unpaired) electrons. The van der Waals surface area contributed by atoms with Crippen LogP contribution in [0.15, 0.2) is 53.7 Å². The predicted octanol–water partition coefficient (Wildman–Crippen LogP) is 5.79. The molecule has 0 spiro atoms. The second-order valence-corrected chi connectivity index (χ2v) is 10.4. The number of halogens is 8. The maximum Gasteiger partial charge on any atom is 0.435 e. The molecule has 45 heavy (non-hydrogen) atoms. The third-order valence-electron chi connectivity index (χ3n) is 7.02. The van der Waals surface area contributed by atoms with Crippen molar-refractivity contribution in [3.63, 3.8) is 0 Å². The fourth-order valence-electron chi connectivity index (χ4n) is 5.05. The first kappa shape index (κ1) is 33.3. The van der Waals surface area contributed by atoms with E-state index in [2.05, 4.69) is 15.4 Å². The van der Waals surface area contributed by atoms with E-state index in [1.165, 1.54) is 18.3 Å². The van der Waals surface area contributed by atoms with Gasteiger partial charge in [0, 0.05) is 36.5 Å². The van der Waals surface area contributed by atoms with E-state index in [4.69, 9.17) is 5.73 Å². The van der Waals surface area contributed by atoms with E-state index in [1.807, 2.05) is 0 Å². The van der Waals surface area contributed by atoms with E-state index < -0.39 is 89.3 Å². The smallest absolute Gasteiger partial charge is 0.366 e. The number of aliphatic imine (C=N–C) groups is 1. The number of nitrogens with one attached hydrogen (secondary N) is 1. The number of primary amides is 1. The second-order valence-electron chi connectivity index (χ2n) is 10.4. The van der Waals surface area contributed by atoms with Crippen LogP contribution in [0.4, 0.5) is 35.1 Å². The van der Waals surface area contributed by atoms with Gasteiger partial charge >= 0.3 is 6.18 Å². The maximum atomic E-state index is 14.4. The normalized spacial score (nSPS) is 15.4. The van der Waals surface area contributed by atoms with E-state index in [1.54, 1.807) is 13.0 Å². The first-order chi connectivity index (χ1) is 21.1. The van der Waals surface area contributed by atoms with Crippen LogP contribution in [-0.2, 0) is 42.7 Å². The van der Waals surface area contributed by atoms with Gasteiger partial charge in [0.25, 0.3) is 11.8 Å². The zero-order chi connectivity index (χ0) is 33.1. The molecule has 3 aromatic rings. The highest BCUT2D eigenvalue weighted by atomic mass is 19.4. The van der Waals surface area contributed by atoms with Crippen molar-refractivity contribution in [3.8, 4) is 0 Å². The average Bonchev–Trinajstić information content (AvgIpc) is 3.45. The lowest BCUT2D eigenvalue weighted by molar-refractivity contribution is -0.145. The monoisotopic (exact) mass is 641 g/mol. The Balaban J connectivity index is 1.72. The minimum absolute atomic E-state index is 0.0703. The van der Waals surface area contributed by atoms with Gasteiger partial charge in [-0.3, -0.25) is 19.3 Å². The lowest BCUT2D eigenvalue weighted by Gasteiger charge is -2.22. The Hall–Kier alpha value is -4.56. The van der Waals surface area contributed by atoms with Crippen LogP contribution in [0.5, 0.6) is 0 Å². The number of amides is 2. The Morgan fingerprint density at radius 3 is 2.42 bits per heavy atom. The molecular formula is C30H27F8N5O2. The first-order valence-corrected chi connectivity index (χ1v) is 13.7. The van der Waals surface area contributed by atoms with Crippen LogP contribution < -0.4 is 11.1 Å². The van der Waals surface area contributed by atoms with Gasteiger partial charge in [-0.15, -0.1) is 0 Å². The third-order valence-corrected chi connectivity index (χ3v) is 7.02. The Morgan fingerprint density at radius 1 is 1.11 bits per heavy atom. The summed E-state index contributed by atoms with van der Waals surface area (Å²) in [6, 6.07) is 4.96. The van der Waals surface area contributed by atoms with Crippen LogP contribution in [0.2, 0.25) is 0 Å². The van der Waals surface area contributed by atoms with E-state index in [0.717, 1.165) is 18.2 Å². The van der Waals surface area contributed by atoms with Gasteiger partial charge in [-0.05, 0) is 54.7 Å². The zero-order valence-electron chi connectivity index (χ0n) is 23.7. The number of allylic oxidation sites excluding steroid dienone is 1. The fraction of sp³-hybridized carbons (Fsp3) is 0.333. The van der Waals surface area contributed by atoms with E-state index in [9.17, 15) is 44.7 Å². The maximum absolute atomic E-state index is 14.4. The lowest BCUT2D eigenvalue weighted by Crippen LogP contribution is -2.44. The summed E-state index contributed by atoms with van der Waals surface area (Å²) in [4.78, 5) is 29.3. The molecule has 0 saturated heterocycles. The molecule has 0 saturated carbocycles.